The van der Waals surface area contributed by atoms with E-state index in [0.717, 1.165) is 64.7 Å². The van der Waals surface area contributed by atoms with Crippen LogP contribution in [-0.4, -0.2) is 65.3 Å². The summed E-state index contributed by atoms with van der Waals surface area (Å²) in [5, 5.41) is 4.38. The zero-order valence-electron chi connectivity index (χ0n) is 21.2. The summed E-state index contributed by atoms with van der Waals surface area (Å²) in [5.74, 6) is -0.514. The molecule has 3 N–H and O–H groups in total. The molecule has 10 heteroatoms. The van der Waals surface area contributed by atoms with Crippen molar-refractivity contribution in [2.75, 3.05) is 43.4 Å². The van der Waals surface area contributed by atoms with Crippen LogP contribution in [0.2, 0.25) is 5.02 Å². The van der Waals surface area contributed by atoms with Crippen LogP contribution in [0.25, 0.3) is 22.0 Å². The molecule has 5 heterocycles. The molecule has 0 amide bonds. The van der Waals surface area contributed by atoms with E-state index in [1.807, 2.05) is 0 Å². The fourth-order valence-electron chi connectivity index (χ4n) is 7.06. The lowest BCUT2D eigenvalue weighted by Gasteiger charge is -2.35. The highest BCUT2D eigenvalue weighted by atomic mass is 35.5. The zero-order chi connectivity index (χ0) is 26.0. The summed E-state index contributed by atoms with van der Waals surface area (Å²) in [7, 11) is 0. The van der Waals surface area contributed by atoms with Gasteiger partial charge in [-0.1, -0.05) is 17.7 Å². The van der Waals surface area contributed by atoms with Gasteiger partial charge < -0.3 is 20.7 Å². The Morgan fingerprint density at radius 3 is 2.53 bits per heavy atom. The number of benzene rings is 2. The molecule has 38 heavy (non-hydrogen) atoms. The molecule has 7 rings (SSSR count). The molecule has 7 nitrogen and oxygen atoms in total. The van der Waals surface area contributed by atoms with Crippen LogP contribution in [0.15, 0.2) is 24.3 Å². The average Bonchev–Trinajstić information content (AvgIpc) is 3.58. The summed E-state index contributed by atoms with van der Waals surface area (Å²) in [6.07, 6.45) is 6.72. The van der Waals surface area contributed by atoms with Crippen LogP contribution in [0, 0.1) is 11.6 Å². The molecule has 0 radical (unpaired) electrons. The van der Waals surface area contributed by atoms with Crippen molar-refractivity contribution in [3.05, 3.63) is 40.9 Å². The largest absolute Gasteiger partial charge is 0.461 e. The molecule has 0 saturated carbocycles. The maximum Gasteiger partial charge on any atom is 0.319 e. The number of nitrogen functional groups attached to an aromatic ring is 1. The second kappa shape index (κ2) is 9.17. The molecule has 2 atom stereocenters. The first-order chi connectivity index (χ1) is 18.4. The van der Waals surface area contributed by atoms with Crippen molar-refractivity contribution < 1.29 is 13.5 Å². The molecule has 4 saturated heterocycles. The van der Waals surface area contributed by atoms with Crippen molar-refractivity contribution >= 4 is 34.0 Å². The molecular weight excluding hydrogens is 510 g/mol. The highest BCUT2D eigenvalue weighted by Gasteiger charge is 2.45. The Labute approximate surface area is 225 Å². The number of halogens is 3. The Bertz CT molecular complexity index is 1400. The first-order valence-electron chi connectivity index (χ1n) is 13.5. The van der Waals surface area contributed by atoms with E-state index < -0.39 is 11.6 Å². The number of ether oxygens (including phenoxy) is 1. The Balaban J connectivity index is 1.33. The van der Waals surface area contributed by atoms with Gasteiger partial charge in [0, 0.05) is 36.1 Å². The van der Waals surface area contributed by atoms with Gasteiger partial charge in [-0.3, -0.25) is 4.90 Å². The van der Waals surface area contributed by atoms with Crippen LogP contribution in [0.1, 0.15) is 38.5 Å². The molecule has 2 aromatic carbocycles. The Morgan fingerprint density at radius 2 is 1.82 bits per heavy atom. The Morgan fingerprint density at radius 1 is 1.08 bits per heavy atom. The van der Waals surface area contributed by atoms with Crippen molar-refractivity contribution in [1.82, 2.24) is 20.2 Å². The van der Waals surface area contributed by atoms with Gasteiger partial charge in [0.1, 0.15) is 23.8 Å². The first kappa shape index (κ1) is 24.3. The van der Waals surface area contributed by atoms with Gasteiger partial charge in [0.2, 0.25) is 0 Å². The van der Waals surface area contributed by atoms with Crippen molar-refractivity contribution in [1.29, 1.82) is 0 Å². The number of hydrogen-bond donors (Lipinski definition) is 2. The topological polar surface area (TPSA) is 79.5 Å². The lowest BCUT2D eigenvalue weighted by molar-refractivity contribution is 0.108. The average molecular weight is 541 g/mol. The minimum atomic E-state index is -0.591. The molecule has 3 aromatic rings. The minimum Gasteiger partial charge on any atom is -0.461 e. The van der Waals surface area contributed by atoms with E-state index >= 15 is 4.39 Å². The number of nitrogens with one attached hydrogen (secondary N) is 1. The molecule has 4 fully saturated rings. The number of rotatable bonds is 5. The predicted octanol–water partition coefficient (Wildman–Crippen LogP) is 4.76. The van der Waals surface area contributed by atoms with Crippen molar-refractivity contribution in [2.45, 2.75) is 56.1 Å². The highest BCUT2D eigenvalue weighted by molar-refractivity contribution is 6.34. The summed E-state index contributed by atoms with van der Waals surface area (Å²) in [5.41, 5.74) is 6.40. The van der Waals surface area contributed by atoms with Crippen molar-refractivity contribution in [3.8, 4) is 17.1 Å². The lowest BCUT2D eigenvalue weighted by atomic mass is 9.95. The number of aromatic nitrogens is 2. The molecule has 4 aliphatic heterocycles. The van der Waals surface area contributed by atoms with Gasteiger partial charge in [-0.25, -0.2) is 8.78 Å². The van der Waals surface area contributed by atoms with Crippen LogP contribution in [0.3, 0.4) is 0 Å². The Kier molecular flexibility index (Phi) is 5.87. The molecule has 0 spiro atoms. The molecule has 4 aliphatic rings. The molecule has 200 valence electrons. The summed E-state index contributed by atoms with van der Waals surface area (Å²) >= 11 is 6.67. The van der Waals surface area contributed by atoms with Crippen molar-refractivity contribution in [2.24, 2.45) is 0 Å². The number of anilines is 2. The van der Waals surface area contributed by atoms with Crippen LogP contribution >= 0.6 is 11.6 Å². The smallest absolute Gasteiger partial charge is 0.319 e. The molecule has 1 aromatic heterocycles. The van der Waals surface area contributed by atoms with Crippen LogP contribution in [-0.2, 0) is 0 Å². The third-order valence-electron chi connectivity index (χ3n) is 8.92. The summed E-state index contributed by atoms with van der Waals surface area (Å²) in [6.45, 7) is 4.22. The van der Waals surface area contributed by atoms with Crippen LogP contribution in [0.5, 0.6) is 6.01 Å². The quantitative estimate of drug-likeness (QED) is 0.452. The van der Waals surface area contributed by atoms with Crippen molar-refractivity contribution in [3.63, 3.8) is 0 Å². The van der Waals surface area contributed by atoms with E-state index in [2.05, 4.69) is 20.1 Å². The van der Waals surface area contributed by atoms with E-state index in [0.29, 0.717) is 35.5 Å². The molecule has 0 aliphatic carbocycles. The number of fused-ring (bicyclic) bond motifs is 4. The summed E-state index contributed by atoms with van der Waals surface area (Å²) in [4.78, 5) is 14.2. The number of hydrogen-bond acceptors (Lipinski definition) is 7. The van der Waals surface area contributed by atoms with Gasteiger partial charge in [-0.05, 0) is 75.4 Å². The van der Waals surface area contributed by atoms with E-state index in [4.69, 9.17) is 27.1 Å². The van der Waals surface area contributed by atoms with Crippen LogP contribution in [0.4, 0.5) is 20.3 Å². The van der Waals surface area contributed by atoms with Gasteiger partial charge in [-0.2, -0.15) is 9.97 Å². The second-order valence-corrected chi connectivity index (χ2v) is 11.7. The normalized spacial score (nSPS) is 24.3. The number of piperazine rings is 1. The second-order valence-electron chi connectivity index (χ2n) is 11.3. The summed E-state index contributed by atoms with van der Waals surface area (Å²) < 4.78 is 36.4. The number of nitrogens with two attached hydrogens (primary N) is 1. The van der Waals surface area contributed by atoms with E-state index in [1.54, 1.807) is 6.07 Å². The highest BCUT2D eigenvalue weighted by Crippen LogP contribution is 2.42. The lowest BCUT2D eigenvalue weighted by Crippen LogP contribution is -2.51. The fraction of sp³-hybridized carbons (Fsp3) is 0.500. The van der Waals surface area contributed by atoms with Gasteiger partial charge in [0.05, 0.1) is 16.2 Å². The summed E-state index contributed by atoms with van der Waals surface area (Å²) in [6, 6.07) is 6.72. The number of nitrogens with zero attached hydrogens (tertiary/aromatic N) is 4. The van der Waals surface area contributed by atoms with E-state index in [-0.39, 0.29) is 33.3 Å². The first-order valence-corrected chi connectivity index (χ1v) is 13.9. The fourth-order valence-corrected chi connectivity index (χ4v) is 7.36. The van der Waals surface area contributed by atoms with Gasteiger partial charge in [0.15, 0.2) is 5.82 Å². The minimum absolute atomic E-state index is 0.0158. The third kappa shape index (κ3) is 3.98. The van der Waals surface area contributed by atoms with Gasteiger partial charge >= 0.3 is 6.01 Å². The Hall–Kier alpha value is -2.75. The molecular formula is C28H31ClF2N6O. The monoisotopic (exact) mass is 540 g/mol. The van der Waals surface area contributed by atoms with E-state index in [9.17, 15) is 4.39 Å². The van der Waals surface area contributed by atoms with Gasteiger partial charge in [0.25, 0.3) is 0 Å². The zero-order valence-corrected chi connectivity index (χ0v) is 21.9. The molecule has 2 unspecified atom stereocenters. The van der Waals surface area contributed by atoms with Gasteiger partial charge in [-0.15, -0.1) is 0 Å². The van der Waals surface area contributed by atoms with Crippen LogP contribution < -0.4 is 20.7 Å². The maximum atomic E-state index is 16.3. The standard InChI is InChI=1S/C28H31ClF2N6O/c29-20-12-19-25(24(31)23(20)16-3-6-21(30)22(32)11-16)34-27(38-15-28-7-1-9-37(28)10-2-8-28)35-26(19)36-13-17-4-5-18(14-36)33-17/h3,6,11-12,17-18,33H,1-2,4-5,7-10,13-15,32H2. The third-order valence-corrected chi connectivity index (χ3v) is 9.22. The SMILES string of the molecule is Nc1cc(-c2c(Cl)cc3c(N4CC5CCC(C4)N5)nc(OCC45CCCN4CCC5)nc3c2F)ccc1F. The predicted molar refractivity (Wildman–Crippen MR) is 145 cm³/mol. The molecule has 2 bridgehead atoms. The maximum absolute atomic E-state index is 16.3. The van der Waals surface area contributed by atoms with E-state index in [1.165, 1.54) is 18.2 Å².